The van der Waals surface area contributed by atoms with Gasteiger partial charge in [0.05, 0.1) is 12.6 Å². The fraction of sp³-hybridized carbons (Fsp3) is 0.370. The molecule has 0 radical (unpaired) electrons. The molecule has 1 fully saturated rings. The molecule has 0 aromatic heterocycles. The average molecular weight is 546 g/mol. The minimum absolute atomic E-state index is 0.444. The molecule has 0 unspecified atom stereocenters. The van der Waals surface area contributed by atoms with Crippen LogP contribution in [0.2, 0.25) is 5.02 Å². The van der Waals surface area contributed by atoms with Gasteiger partial charge >= 0.3 is 11.9 Å². The number of fused-ring (bicyclic) bond motifs is 1. The van der Waals surface area contributed by atoms with Crippen LogP contribution < -0.4 is 10.1 Å². The lowest BCUT2D eigenvalue weighted by Crippen LogP contribution is -2.36. The highest BCUT2D eigenvalue weighted by Gasteiger charge is 2.20. The summed E-state index contributed by atoms with van der Waals surface area (Å²) in [6, 6.07) is 16.5. The third kappa shape index (κ3) is 10.9. The summed E-state index contributed by atoms with van der Waals surface area (Å²) in [5.41, 5.74) is 2.58. The fourth-order valence-corrected chi connectivity index (χ4v) is 4.95. The number of ether oxygens (including phenoxy) is 1. The second-order valence-corrected chi connectivity index (χ2v) is 10.00. The number of carboxylic acid groups (broad SMARTS) is 2. The Hall–Kier alpha value is -3.01. The van der Waals surface area contributed by atoms with Crippen molar-refractivity contribution >= 4 is 46.2 Å². The van der Waals surface area contributed by atoms with Crippen molar-refractivity contribution in [3.8, 4) is 5.75 Å². The Morgan fingerprint density at radius 2 is 1.73 bits per heavy atom. The van der Waals surface area contributed by atoms with Crippen LogP contribution in [0.3, 0.4) is 0 Å². The van der Waals surface area contributed by atoms with E-state index in [-0.39, 0.29) is 0 Å². The Balaban J connectivity index is 0.000000414. The Morgan fingerprint density at radius 1 is 1.05 bits per heavy atom. The van der Waals surface area contributed by atoms with Gasteiger partial charge in [0.1, 0.15) is 5.75 Å². The Labute approximate surface area is 226 Å². The zero-order valence-corrected chi connectivity index (χ0v) is 22.1. The number of amidine groups is 1. The monoisotopic (exact) mass is 545 g/mol. The lowest BCUT2D eigenvalue weighted by molar-refractivity contribution is -0.134. The number of para-hydroxylation sites is 1. The summed E-state index contributed by atoms with van der Waals surface area (Å²) in [6.45, 7) is 4.19. The summed E-state index contributed by atoms with van der Waals surface area (Å²) < 4.78 is 5.77. The molecule has 0 aliphatic carbocycles. The van der Waals surface area contributed by atoms with Crippen LogP contribution in [0.1, 0.15) is 31.2 Å². The molecule has 0 amide bonds. The number of aliphatic carboxylic acids is 2. The number of nitrogens with one attached hydrogen (secondary N) is 1. The van der Waals surface area contributed by atoms with Gasteiger partial charge in [-0.3, -0.25) is 4.99 Å². The first kappa shape index (κ1) is 28.6. The van der Waals surface area contributed by atoms with Crippen LogP contribution in [0.15, 0.2) is 65.7 Å². The van der Waals surface area contributed by atoms with Gasteiger partial charge in [-0.05, 0) is 68.1 Å². The molecule has 198 valence electrons. The molecule has 3 N–H and O–H groups in total. The van der Waals surface area contributed by atoms with Crippen LogP contribution in [0.5, 0.6) is 5.75 Å². The highest BCUT2D eigenvalue weighted by atomic mass is 35.5. The number of carboxylic acids is 2. The quantitative estimate of drug-likeness (QED) is 0.284. The lowest BCUT2D eigenvalue weighted by atomic mass is 10.1. The standard InChI is InChI=1S/C23H28ClN3OS.C4H4O4/c24-19-7-9-21(10-8-19)28-16-4-3-13-27-14-11-20(12-15-27)25-23-26-22-6-2-1-5-18(22)17-29-23;5-3(6)1-2-4(7)8/h1-2,5-10,20H,3-4,11-17H2,(H,25,26);1-2H,(H,5,6)(H,7,8)/b;2-1-. The van der Waals surface area contributed by atoms with Crippen LogP contribution in [0.4, 0.5) is 5.69 Å². The molecule has 1 saturated heterocycles. The summed E-state index contributed by atoms with van der Waals surface area (Å²) in [5.74, 6) is -0.607. The van der Waals surface area contributed by atoms with E-state index in [2.05, 4.69) is 34.5 Å². The van der Waals surface area contributed by atoms with E-state index in [4.69, 9.17) is 31.5 Å². The maximum atomic E-state index is 9.55. The molecule has 2 aromatic rings. The number of carbonyl (C=O) groups is 2. The number of anilines is 1. The third-order valence-electron chi connectivity index (χ3n) is 5.80. The summed E-state index contributed by atoms with van der Waals surface area (Å²) in [6.07, 6.45) is 5.65. The van der Waals surface area contributed by atoms with E-state index in [1.807, 2.05) is 36.0 Å². The molecule has 0 atom stereocenters. The normalized spacial score (nSPS) is 16.9. The molecule has 0 bridgehead atoms. The first-order chi connectivity index (χ1) is 17.9. The number of thioether (sulfide) groups is 1. The number of rotatable bonds is 9. The van der Waals surface area contributed by atoms with Crippen molar-refractivity contribution in [2.75, 3.05) is 31.6 Å². The van der Waals surface area contributed by atoms with Gasteiger partial charge in [-0.2, -0.15) is 0 Å². The third-order valence-corrected chi connectivity index (χ3v) is 6.99. The van der Waals surface area contributed by atoms with Crippen molar-refractivity contribution in [3.05, 3.63) is 71.3 Å². The minimum Gasteiger partial charge on any atom is -0.494 e. The highest BCUT2D eigenvalue weighted by Crippen LogP contribution is 2.29. The van der Waals surface area contributed by atoms with Crippen LogP contribution in [0.25, 0.3) is 0 Å². The predicted octanol–water partition coefficient (Wildman–Crippen LogP) is 5.39. The Kier molecular flexibility index (Phi) is 11.8. The van der Waals surface area contributed by atoms with Gasteiger partial charge in [-0.1, -0.05) is 41.6 Å². The molecule has 8 nitrogen and oxygen atoms in total. The fourth-order valence-electron chi connectivity index (χ4n) is 3.87. The number of halogens is 1. The molecule has 2 aromatic carbocycles. The SMILES string of the molecule is Clc1ccc(OCCCCN2CCC(N=C3Nc4ccccc4CS3)CC2)cc1.O=C(O)/C=C\C(=O)O. The number of aliphatic imine (C=N–C) groups is 1. The smallest absolute Gasteiger partial charge is 0.328 e. The topological polar surface area (TPSA) is 111 Å². The summed E-state index contributed by atoms with van der Waals surface area (Å²) >= 11 is 7.72. The largest absolute Gasteiger partial charge is 0.494 e. The lowest BCUT2D eigenvalue weighted by Gasteiger charge is -2.31. The number of hydrogen-bond acceptors (Lipinski definition) is 6. The number of nitrogens with zero attached hydrogens (tertiary/aromatic N) is 2. The van der Waals surface area contributed by atoms with Crippen LogP contribution in [-0.4, -0.2) is 64.5 Å². The van der Waals surface area contributed by atoms with E-state index < -0.39 is 11.9 Å². The van der Waals surface area contributed by atoms with Crippen LogP contribution >= 0.6 is 23.4 Å². The van der Waals surface area contributed by atoms with E-state index in [1.54, 1.807) is 0 Å². The molecule has 4 rings (SSSR count). The number of unbranched alkanes of at least 4 members (excludes halogenated alkanes) is 1. The van der Waals surface area contributed by atoms with E-state index in [9.17, 15) is 9.59 Å². The van der Waals surface area contributed by atoms with E-state index in [0.717, 1.165) is 67.2 Å². The molecule has 10 heteroatoms. The first-order valence-electron chi connectivity index (χ1n) is 12.2. The number of likely N-dealkylation sites (tertiary alicyclic amines) is 1. The van der Waals surface area contributed by atoms with E-state index in [1.165, 1.54) is 17.7 Å². The molecule has 2 heterocycles. The Bertz CT molecular complexity index is 1070. The zero-order chi connectivity index (χ0) is 26.5. The van der Waals surface area contributed by atoms with Gasteiger partial charge in [-0.25, -0.2) is 9.59 Å². The number of hydrogen-bond donors (Lipinski definition) is 3. The van der Waals surface area contributed by atoms with Gasteiger partial charge in [-0.15, -0.1) is 0 Å². The molecule has 37 heavy (non-hydrogen) atoms. The second-order valence-electron chi connectivity index (χ2n) is 8.60. The van der Waals surface area contributed by atoms with Crippen molar-refractivity contribution in [1.29, 1.82) is 0 Å². The van der Waals surface area contributed by atoms with Gasteiger partial charge in [0.25, 0.3) is 0 Å². The summed E-state index contributed by atoms with van der Waals surface area (Å²) in [7, 11) is 0. The van der Waals surface area contributed by atoms with Gasteiger partial charge in [0.2, 0.25) is 0 Å². The van der Waals surface area contributed by atoms with Crippen molar-refractivity contribution in [2.24, 2.45) is 4.99 Å². The van der Waals surface area contributed by atoms with Crippen LogP contribution in [-0.2, 0) is 15.3 Å². The molecule has 0 spiro atoms. The minimum atomic E-state index is -1.26. The maximum Gasteiger partial charge on any atom is 0.328 e. The highest BCUT2D eigenvalue weighted by molar-refractivity contribution is 8.13. The number of benzene rings is 2. The van der Waals surface area contributed by atoms with Crippen molar-refractivity contribution in [1.82, 2.24) is 4.90 Å². The molecule has 2 aliphatic rings. The summed E-state index contributed by atoms with van der Waals surface area (Å²) in [4.78, 5) is 26.7. The van der Waals surface area contributed by atoms with E-state index in [0.29, 0.717) is 18.2 Å². The molecule has 2 aliphatic heterocycles. The van der Waals surface area contributed by atoms with Crippen molar-refractivity contribution in [2.45, 2.75) is 37.5 Å². The average Bonchev–Trinajstić information content (AvgIpc) is 2.90. The van der Waals surface area contributed by atoms with E-state index >= 15 is 0 Å². The van der Waals surface area contributed by atoms with Crippen LogP contribution in [0, 0.1) is 0 Å². The summed E-state index contributed by atoms with van der Waals surface area (Å²) in [5, 5.41) is 21.0. The van der Waals surface area contributed by atoms with Gasteiger partial charge < -0.3 is 25.2 Å². The van der Waals surface area contributed by atoms with Gasteiger partial charge in [0, 0.05) is 41.7 Å². The van der Waals surface area contributed by atoms with Crippen molar-refractivity contribution < 1.29 is 24.5 Å². The maximum absolute atomic E-state index is 9.55. The molecular weight excluding hydrogens is 514 g/mol. The second kappa shape index (κ2) is 15.3. The molecule has 0 saturated carbocycles. The first-order valence-corrected chi connectivity index (χ1v) is 13.6. The van der Waals surface area contributed by atoms with Crippen molar-refractivity contribution in [3.63, 3.8) is 0 Å². The Morgan fingerprint density at radius 3 is 2.41 bits per heavy atom. The van der Waals surface area contributed by atoms with Gasteiger partial charge in [0.15, 0.2) is 5.17 Å². The molecular formula is C27H32ClN3O5S. The number of piperidine rings is 1. The predicted molar refractivity (Wildman–Crippen MR) is 149 cm³/mol. The zero-order valence-electron chi connectivity index (χ0n) is 20.5.